The van der Waals surface area contributed by atoms with Crippen LogP contribution in [0.4, 0.5) is 0 Å². The van der Waals surface area contributed by atoms with Gasteiger partial charge in [0.1, 0.15) is 0 Å². The monoisotopic (exact) mass is 262 g/mol. The molecule has 2 nitrogen and oxygen atoms in total. The van der Waals surface area contributed by atoms with Crippen LogP contribution < -0.4 is 5.32 Å². The fourth-order valence-electron chi connectivity index (χ4n) is 2.68. The summed E-state index contributed by atoms with van der Waals surface area (Å²) in [6.45, 7) is 3.23. The molecule has 2 N–H and O–H groups in total. The molecule has 0 aliphatic heterocycles. The zero-order valence-electron chi connectivity index (χ0n) is 10.7. The van der Waals surface area contributed by atoms with Gasteiger partial charge < -0.3 is 10.3 Å². The van der Waals surface area contributed by atoms with Crippen LogP contribution in [-0.4, -0.2) is 11.0 Å². The summed E-state index contributed by atoms with van der Waals surface area (Å²) in [5.74, 6) is 0.879. The van der Waals surface area contributed by atoms with E-state index in [9.17, 15) is 0 Å². The zero-order valence-corrected chi connectivity index (χ0v) is 11.4. The topological polar surface area (TPSA) is 27.8 Å². The molecule has 1 atom stereocenters. The van der Waals surface area contributed by atoms with Crippen molar-refractivity contribution < 1.29 is 0 Å². The Bertz CT molecular complexity index is 542. The molecule has 0 saturated heterocycles. The minimum absolute atomic E-state index is 0.621. The van der Waals surface area contributed by atoms with Crippen LogP contribution >= 0.6 is 11.6 Å². The lowest BCUT2D eigenvalue weighted by Gasteiger charge is -2.32. The van der Waals surface area contributed by atoms with E-state index in [1.165, 1.54) is 30.2 Å². The number of nitrogens with one attached hydrogen (secondary N) is 2. The van der Waals surface area contributed by atoms with Gasteiger partial charge in [-0.25, -0.2) is 0 Å². The summed E-state index contributed by atoms with van der Waals surface area (Å²) in [6.07, 6.45) is 6.26. The zero-order chi connectivity index (χ0) is 12.5. The molecular weight excluding hydrogens is 244 g/mol. The van der Waals surface area contributed by atoms with Gasteiger partial charge in [0.2, 0.25) is 0 Å². The largest absolute Gasteiger partial charge is 0.361 e. The van der Waals surface area contributed by atoms with Crippen molar-refractivity contribution >= 4 is 22.5 Å². The van der Waals surface area contributed by atoms with Crippen LogP contribution in [0, 0.1) is 5.92 Å². The Balaban J connectivity index is 1.70. The van der Waals surface area contributed by atoms with Crippen molar-refractivity contribution in [2.45, 2.75) is 38.8 Å². The number of aromatic nitrogens is 1. The molecule has 0 amide bonds. The molecule has 0 spiro atoms. The number of rotatable bonds is 4. The molecule has 1 aromatic carbocycles. The summed E-state index contributed by atoms with van der Waals surface area (Å²) in [7, 11) is 0. The van der Waals surface area contributed by atoms with Crippen LogP contribution in [0.15, 0.2) is 24.4 Å². The average Bonchev–Trinajstić information content (AvgIpc) is 2.66. The first-order valence-corrected chi connectivity index (χ1v) is 7.11. The predicted molar refractivity (Wildman–Crippen MR) is 77.0 cm³/mol. The lowest BCUT2D eigenvalue weighted by molar-refractivity contribution is 0.240. The lowest BCUT2D eigenvalue weighted by Crippen LogP contribution is -2.36. The maximum Gasteiger partial charge on any atom is 0.0472 e. The first kappa shape index (κ1) is 12.1. The van der Waals surface area contributed by atoms with Crippen LogP contribution in [0.25, 0.3) is 10.9 Å². The van der Waals surface area contributed by atoms with Crippen molar-refractivity contribution in [1.82, 2.24) is 10.3 Å². The SMILES string of the molecule is CC(NCc1c[nH]c2cc(Cl)ccc12)C1CCC1. The fourth-order valence-corrected chi connectivity index (χ4v) is 2.85. The maximum absolute atomic E-state index is 5.99. The number of fused-ring (bicyclic) bond motifs is 1. The van der Waals surface area contributed by atoms with E-state index in [1.54, 1.807) is 0 Å². The summed E-state index contributed by atoms with van der Waals surface area (Å²) >= 11 is 5.99. The molecule has 0 bridgehead atoms. The van der Waals surface area contributed by atoms with Crippen LogP contribution in [0.1, 0.15) is 31.7 Å². The van der Waals surface area contributed by atoms with Crippen molar-refractivity contribution in [3.05, 3.63) is 35.0 Å². The van der Waals surface area contributed by atoms with Gasteiger partial charge in [-0.3, -0.25) is 0 Å². The molecule has 1 aliphatic rings. The Morgan fingerprint density at radius 2 is 2.28 bits per heavy atom. The first-order valence-electron chi connectivity index (χ1n) is 6.73. The third kappa shape index (κ3) is 2.27. The summed E-state index contributed by atoms with van der Waals surface area (Å²) in [5, 5.41) is 5.70. The van der Waals surface area contributed by atoms with Crippen LogP contribution in [0.5, 0.6) is 0 Å². The Kier molecular flexibility index (Phi) is 3.31. The number of aromatic amines is 1. The van der Waals surface area contributed by atoms with Crippen LogP contribution in [0.2, 0.25) is 5.02 Å². The number of H-pyrrole nitrogens is 1. The molecule has 1 aromatic heterocycles. The molecule has 2 aromatic rings. The normalized spacial score (nSPS) is 17.9. The van der Waals surface area contributed by atoms with Gasteiger partial charge in [-0.1, -0.05) is 24.1 Å². The van der Waals surface area contributed by atoms with Gasteiger partial charge >= 0.3 is 0 Å². The summed E-state index contributed by atoms with van der Waals surface area (Å²) in [4.78, 5) is 3.29. The maximum atomic E-state index is 5.99. The van der Waals surface area contributed by atoms with Gasteiger partial charge in [-0.2, -0.15) is 0 Å². The molecule has 0 radical (unpaired) electrons. The Morgan fingerprint density at radius 1 is 1.44 bits per heavy atom. The summed E-state index contributed by atoms with van der Waals surface area (Å²) in [5.41, 5.74) is 2.45. The highest BCUT2D eigenvalue weighted by Gasteiger charge is 2.23. The van der Waals surface area contributed by atoms with Crippen LogP contribution in [-0.2, 0) is 6.54 Å². The summed E-state index contributed by atoms with van der Waals surface area (Å²) in [6, 6.07) is 6.65. The fraction of sp³-hybridized carbons (Fsp3) is 0.467. The van der Waals surface area contributed by atoms with Crippen molar-refractivity contribution in [1.29, 1.82) is 0 Å². The second kappa shape index (κ2) is 4.94. The van der Waals surface area contributed by atoms with E-state index in [0.29, 0.717) is 6.04 Å². The predicted octanol–water partition coefficient (Wildman–Crippen LogP) is 4.10. The first-order chi connectivity index (χ1) is 8.74. The molecule has 3 rings (SSSR count). The minimum Gasteiger partial charge on any atom is -0.361 e. The van der Waals surface area contributed by atoms with Crippen molar-refractivity contribution in [3.63, 3.8) is 0 Å². The number of benzene rings is 1. The van der Waals surface area contributed by atoms with E-state index in [0.717, 1.165) is 23.0 Å². The van der Waals surface area contributed by atoms with E-state index in [4.69, 9.17) is 11.6 Å². The molecule has 1 heterocycles. The van der Waals surface area contributed by atoms with E-state index in [1.807, 2.05) is 12.1 Å². The smallest absolute Gasteiger partial charge is 0.0472 e. The highest BCUT2D eigenvalue weighted by molar-refractivity contribution is 6.31. The molecule has 96 valence electrons. The second-order valence-electron chi connectivity index (χ2n) is 5.36. The molecular formula is C15H19ClN2. The van der Waals surface area contributed by atoms with E-state index in [2.05, 4.69) is 29.5 Å². The Hall–Kier alpha value is -0.990. The van der Waals surface area contributed by atoms with Gasteiger partial charge in [0, 0.05) is 34.7 Å². The van der Waals surface area contributed by atoms with E-state index in [-0.39, 0.29) is 0 Å². The van der Waals surface area contributed by atoms with Gasteiger partial charge in [-0.05, 0) is 43.4 Å². The molecule has 1 fully saturated rings. The van der Waals surface area contributed by atoms with Gasteiger partial charge in [0.15, 0.2) is 0 Å². The third-order valence-corrected chi connectivity index (χ3v) is 4.44. The third-order valence-electron chi connectivity index (χ3n) is 4.20. The molecule has 1 saturated carbocycles. The van der Waals surface area contributed by atoms with E-state index >= 15 is 0 Å². The minimum atomic E-state index is 0.621. The highest BCUT2D eigenvalue weighted by Crippen LogP contribution is 2.29. The van der Waals surface area contributed by atoms with Crippen molar-refractivity contribution in [3.8, 4) is 0 Å². The summed E-state index contributed by atoms with van der Waals surface area (Å²) < 4.78 is 0. The number of hydrogen-bond acceptors (Lipinski definition) is 1. The molecule has 3 heteroatoms. The number of halogens is 1. The van der Waals surface area contributed by atoms with Gasteiger partial charge in [0.05, 0.1) is 0 Å². The molecule has 1 aliphatic carbocycles. The number of hydrogen-bond donors (Lipinski definition) is 2. The van der Waals surface area contributed by atoms with Crippen LogP contribution in [0.3, 0.4) is 0 Å². The van der Waals surface area contributed by atoms with Gasteiger partial charge in [0.25, 0.3) is 0 Å². The molecule has 1 unspecified atom stereocenters. The second-order valence-corrected chi connectivity index (χ2v) is 5.80. The highest BCUT2D eigenvalue weighted by atomic mass is 35.5. The van der Waals surface area contributed by atoms with E-state index < -0.39 is 0 Å². The quantitative estimate of drug-likeness (QED) is 0.853. The lowest BCUT2D eigenvalue weighted by atomic mass is 9.80. The van der Waals surface area contributed by atoms with Crippen molar-refractivity contribution in [2.24, 2.45) is 5.92 Å². The molecule has 18 heavy (non-hydrogen) atoms. The van der Waals surface area contributed by atoms with Gasteiger partial charge in [-0.15, -0.1) is 0 Å². The van der Waals surface area contributed by atoms with Crippen molar-refractivity contribution in [2.75, 3.05) is 0 Å². The standard InChI is InChI=1S/C15H19ClN2/c1-10(11-3-2-4-11)17-8-12-9-18-15-7-13(16)5-6-14(12)15/h5-7,9-11,17-18H,2-4,8H2,1H3. The Morgan fingerprint density at radius 3 is 3.00 bits per heavy atom. The Labute approximate surface area is 113 Å². The average molecular weight is 263 g/mol.